The van der Waals surface area contributed by atoms with Gasteiger partial charge in [-0.3, -0.25) is 0 Å². The fraction of sp³-hybridized carbons (Fsp3) is 0.333. The van der Waals surface area contributed by atoms with Gasteiger partial charge in [0.15, 0.2) is 0 Å². The first-order valence-corrected chi connectivity index (χ1v) is 8.02. The maximum atomic E-state index is 6.23. The summed E-state index contributed by atoms with van der Waals surface area (Å²) in [5.41, 5.74) is 3.59. The highest BCUT2D eigenvalue weighted by atomic mass is 79.9. The van der Waals surface area contributed by atoms with Gasteiger partial charge >= 0.3 is 0 Å². The van der Waals surface area contributed by atoms with Crippen molar-refractivity contribution in [3.63, 3.8) is 0 Å². The summed E-state index contributed by atoms with van der Waals surface area (Å²) < 4.78 is 7.29. The highest BCUT2D eigenvalue weighted by molar-refractivity contribution is 9.10. The number of rotatable bonds is 5. The summed E-state index contributed by atoms with van der Waals surface area (Å²) >= 11 is 3.52. The van der Waals surface area contributed by atoms with Crippen LogP contribution in [0.1, 0.15) is 36.5 Å². The number of benzene rings is 2. The summed E-state index contributed by atoms with van der Waals surface area (Å²) in [6, 6.07) is 12.5. The van der Waals surface area contributed by atoms with Crippen molar-refractivity contribution in [2.75, 3.05) is 7.05 Å². The lowest BCUT2D eigenvalue weighted by atomic mass is 10.0. The Bertz CT molecular complexity index is 623. The van der Waals surface area contributed by atoms with Gasteiger partial charge in [-0.25, -0.2) is 0 Å². The Kier molecular flexibility index (Phi) is 5.43. The van der Waals surface area contributed by atoms with Crippen molar-refractivity contribution in [1.29, 1.82) is 0 Å². The standard InChI is InChI=1S/C18H22BrNO/c1-12(2)16-7-5-13(3)9-18(16)21-17-8-6-15(19)10-14(17)11-20-4/h5-10,12,20H,11H2,1-4H3. The average molecular weight is 348 g/mol. The zero-order chi connectivity index (χ0) is 15.4. The van der Waals surface area contributed by atoms with Gasteiger partial charge in [0.2, 0.25) is 0 Å². The van der Waals surface area contributed by atoms with Crippen LogP contribution in [0.4, 0.5) is 0 Å². The molecule has 0 radical (unpaired) electrons. The van der Waals surface area contributed by atoms with Crippen molar-refractivity contribution in [3.05, 3.63) is 57.6 Å². The number of nitrogens with one attached hydrogen (secondary N) is 1. The third-order valence-electron chi connectivity index (χ3n) is 3.40. The Balaban J connectivity index is 2.40. The van der Waals surface area contributed by atoms with Crippen LogP contribution in [0.25, 0.3) is 0 Å². The largest absolute Gasteiger partial charge is 0.457 e. The van der Waals surface area contributed by atoms with E-state index in [-0.39, 0.29) is 0 Å². The minimum atomic E-state index is 0.434. The number of hydrogen-bond donors (Lipinski definition) is 1. The average Bonchev–Trinajstić information content (AvgIpc) is 2.42. The summed E-state index contributed by atoms with van der Waals surface area (Å²) in [6.07, 6.45) is 0. The van der Waals surface area contributed by atoms with E-state index in [1.54, 1.807) is 0 Å². The molecule has 0 amide bonds. The molecule has 0 aliphatic heterocycles. The van der Waals surface area contributed by atoms with Gasteiger partial charge in [0, 0.05) is 16.6 Å². The molecule has 0 aromatic heterocycles. The topological polar surface area (TPSA) is 21.3 Å². The molecule has 2 aromatic carbocycles. The van der Waals surface area contributed by atoms with Crippen molar-refractivity contribution in [3.8, 4) is 11.5 Å². The van der Waals surface area contributed by atoms with Crippen LogP contribution in [0.5, 0.6) is 11.5 Å². The van der Waals surface area contributed by atoms with Crippen LogP contribution in [0, 0.1) is 6.92 Å². The van der Waals surface area contributed by atoms with E-state index in [2.05, 4.69) is 66.3 Å². The normalized spacial score (nSPS) is 11.0. The molecule has 0 spiro atoms. The van der Waals surface area contributed by atoms with Crippen LogP contribution in [0.2, 0.25) is 0 Å². The van der Waals surface area contributed by atoms with Crippen LogP contribution < -0.4 is 10.1 Å². The first-order chi connectivity index (χ1) is 10.0. The molecule has 0 saturated heterocycles. The van der Waals surface area contributed by atoms with E-state index in [4.69, 9.17) is 4.74 Å². The lowest BCUT2D eigenvalue weighted by Gasteiger charge is -2.17. The van der Waals surface area contributed by atoms with Crippen LogP contribution in [-0.2, 0) is 6.54 Å². The van der Waals surface area contributed by atoms with Gasteiger partial charge < -0.3 is 10.1 Å². The van der Waals surface area contributed by atoms with Gasteiger partial charge in [-0.2, -0.15) is 0 Å². The highest BCUT2D eigenvalue weighted by Crippen LogP contribution is 2.34. The van der Waals surface area contributed by atoms with E-state index in [1.165, 1.54) is 11.1 Å². The quantitative estimate of drug-likeness (QED) is 0.782. The second-order valence-corrected chi connectivity index (χ2v) is 6.50. The first-order valence-electron chi connectivity index (χ1n) is 7.22. The monoisotopic (exact) mass is 347 g/mol. The summed E-state index contributed by atoms with van der Waals surface area (Å²) in [5.74, 6) is 2.29. The molecule has 0 aliphatic rings. The van der Waals surface area contributed by atoms with Crippen LogP contribution in [0.15, 0.2) is 40.9 Å². The van der Waals surface area contributed by atoms with Crippen LogP contribution in [0.3, 0.4) is 0 Å². The summed E-state index contributed by atoms with van der Waals surface area (Å²) in [7, 11) is 1.94. The van der Waals surface area contributed by atoms with Gasteiger partial charge in [-0.1, -0.05) is 41.9 Å². The van der Waals surface area contributed by atoms with Crippen molar-refractivity contribution in [2.45, 2.75) is 33.2 Å². The molecule has 0 saturated carbocycles. The molecule has 0 aliphatic carbocycles. The van der Waals surface area contributed by atoms with Gasteiger partial charge in [0.05, 0.1) is 0 Å². The molecule has 0 unspecified atom stereocenters. The summed E-state index contributed by atoms with van der Waals surface area (Å²) in [6.45, 7) is 7.24. The predicted molar refractivity (Wildman–Crippen MR) is 92.2 cm³/mol. The van der Waals surface area contributed by atoms with E-state index in [9.17, 15) is 0 Å². The van der Waals surface area contributed by atoms with E-state index >= 15 is 0 Å². The van der Waals surface area contributed by atoms with Gasteiger partial charge in [0.1, 0.15) is 11.5 Å². The van der Waals surface area contributed by atoms with Gasteiger partial charge in [0.25, 0.3) is 0 Å². The fourth-order valence-electron chi connectivity index (χ4n) is 2.30. The molecule has 21 heavy (non-hydrogen) atoms. The molecule has 1 N–H and O–H groups in total. The SMILES string of the molecule is CNCc1cc(Br)ccc1Oc1cc(C)ccc1C(C)C. The zero-order valence-corrected chi connectivity index (χ0v) is 14.6. The maximum absolute atomic E-state index is 6.23. The number of halogens is 1. The fourth-order valence-corrected chi connectivity index (χ4v) is 2.71. The predicted octanol–water partition coefficient (Wildman–Crippen LogP) is 5.39. The number of hydrogen-bond acceptors (Lipinski definition) is 2. The maximum Gasteiger partial charge on any atom is 0.132 e. The number of ether oxygens (including phenoxy) is 1. The van der Waals surface area contributed by atoms with E-state index in [0.29, 0.717) is 5.92 Å². The van der Waals surface area contributed by atoms with Gasteiger partial charge in [-0.05, 0) is 55.3 Å². The van der Waals surface area contributed by atoms with Crippen molar-refractivity contribution in [2.24, 2.45) is 0 Å². The second-order valence-electron chi connectivity index (χ2n) is 5.58. The Morgan fingerprint density at radius 2 is 1.86 bits per heavy atom. The van der Waals surface area contributed by atoms with Crippen molar-refractivity contribution < 1.29 is 4.74 Å². The Morgan fingerprint density at radius 1 is 1.10 bits per heavy atom. The first kappa shape index (κ1) is 16.1. The van der Waals surface area contributed by atoms with E-state index in [1.807, 2.05) is 19.2 Å². The molecule has 0 bridgehead atoms. The summed E-state index contributed by atoms with van der Waals surface area (Å²) in [4.78, 5) is 0. The molecule has 0 fully saturated rings. The molecule has 0 atom stereocenters. The number of aryl methyl sites for hydroxylation is 1. The molecule has 0 heterocycles. The third kappa shape index (κ3) is 4.08. The minimum Gasteiger partial charge on any atom is -0.457 e. The van der Waals surface area contributed by atoms with Crippen molar-refractivity contribution in [1.82, 2.24) is 5.32 Å². The molecule has 112 valence electrons. The van der Waals surface area contributed by atoms with Crippen molar-refractivity contribution >= 4 is 15.9 Å². The zero-order valence-electron chi connectivity index (χ0n) is 13.0. The third-order valence-corrected chi connectivity index (χ3v) is 3.89. The second kappa shape index (κ2) is 7.10. The van der Waals surface area contributed by atoms with Gasteiger partial charge in [-0.15, -0.1) is 0 Å². The highest BCUT2D eigenvalue weighted by Gasteiger charge is 2.11. The molecule has 2 nitrogen and oxygen atoms in total. The van der Waals surface area contributed by atoms with Crippen LogP contribution in [-0.4, -0.2) is 7.05 Å². The minimum absolute atomic E-state index is 0.434. The lowest BCUT2D eigenvalue weighted by molar-refractivity contribution is 0.465. The van der Waals surface area contributed by atoms with E-state index in [0.717, 1.165) is 28.1 Å². The lowest BCUT2D eigenvalue weighted by Crippen LogP contribution is -2.07. The Morgan fingerprint density at radius 3 is 2.52 bits per heavy atom. The van der Waals surface area contributed by atoms with Crippen LogP contribution >= 0.6 is 15.9 Å². The Labute approximate surface area is 135 Å². The smallest absolute Gasteiger partial charge is 0.132 e. The molecule has 3 heteroatoms. The molecular weight excluding hydrogens is 326 g/mol. The van der Waals surface area contributed by atoms with E-state index < -0.39 is 0 Å². The Hall–Kier alpha value is -1.32. The molecular formula is C18H22BrNO. The molecule has 2 aromatic rings. The summed E-state index contributed by atoms with van der Waals surface area (Å²) in [5, 5.41) is 3.19. The molecule has 2 rings (SSSR count).